The van der Waals surface area contributed by atoms with Gasteiger partial charge in [0.25, 0.3) is 0 Å². The minimum atomic E-state index is -0.877. The maximum atomic E-state index is 12.8. The van der Waals surface area contributed by atoms with Gasteiger partial charge in [-0.25, -0.2) is 9.18 Å². The molecule has 0 aliphatic rings. The van der Waals surface area contributed by atoms with Gasteiger partial charge in [-0.05, 0) is 36.2 Å². The first-order valence-electron chi connectivity index (χ1n) is 7.78. The van der Waals surface area contributed by atoms with E-state index in [1.807, 2.05) is 30.3 Å². The van der Waals surface area contributed by atoms with Crippen LogP contribution < -0.4 is 15.4 Å². The van der Waals surface area contributed by atoms with Crippen LogP contribution in [0, 0.1) is 5.82 Å². The third-order valence-corrected chi connectivity index (χ3v) is 3.33. The highest BCUT2D eigenvalue weighted by Gasteiger charge is 2.09. The van der Waals surface area contributed by atoms with Crippen molar-refractivity contribution in [3.63, 3.8) is 0 Å². The lowest BCUT2D eigenvalue weighted by molar-refractivity contribution is 0.173. The van der Waals surface area contributed by atoms with Gasteiger partial charge >= 0.3 is 6.03 Å². The summed E-state index contributed by atoms with van der Waals surface area (Å²) in [7, 11) is 0. The normalized spacial score (nSPS) is 11.6. The van der Waals surface area contributed by atoms with Crippen molar-refractivity contribution in [1.29, 1.82) is 0 Å². The van der Waals surface area contributed by atoms with Crippen molar-refractivity contribution in [1.82, 2.24) is 10.6 Å². The largest absolute Gasteiger partial charge is 0.494 e. The minimum Gasteiger partial charge on any atom is -0.494 e. The standard InChI is InChI=1S/C18H21FN2O3/c19-15-9-7-14(8-10-15)17(22)13-21-18(23)20-11-4-12-24-16-5-2-1-3-6-16/h1-3,5-10,17,22H,4,11-13H2,(H2,20,21,23). The predicted molar refractivity (Wildman–Crippen MR) is 89.3 cm³/mol. The monoisotopic (exact) mass is 332 g/mol. The van der Waals surface area contributed by atoms with Crippen LogP contribution in [0.5, 0.6) is 5.75 Å². The Morgan fingerprint density at radius 2 is 1.79 bits per heavy atom. The van der Waals surface area contributed by atoms with Crippen LogP contribution in [0.1, 0.15) is 18.1 Å². The molecular formula is C18H21FN2O3. The van der Waals surface area contributed by atoms with Crippen molar-refractivity contribution in [3.05, 3.63) is 66.0 Å². The number of ether oxygens (including phenoxy) is 1. The van der Waals surface area contributed by atoms with Crippen LogP contribution in [0.2, 0.25) is 0 Å². The summed E-state index contributed by atoms with van der Waals surface area (Å²) in [5.41, 5.74) is 0.549. The summed E-state index contributed by atoms with van der Waals surface area (Å²) in [6.07, 6.45) is -0.208. The topological polar surface area (TPSA) is 70.6 Å². The van der Waals surface area contributed by atoms with Gasteiger partial charge in [0.2, 0.25) is 0 Å². The molecular weight excluding hydrogens is 311 g/mol. The van der Waals surface area contributed by atoms with E-state index in [9.17, 15) is 14.3 Å². The lowest BCUT2D eigenvalue weighted by Gasteiger charge is -2.13. The molecule has 128 valence electrons. The highest BCUT2D eigenvalue weighted by atomic mass is 19.1. The fourth-order valence-corrected chi connectivity index (χ4v) is 2.04. The maximum absolute atomic E-state index is 12.8. The molecule has 2 amide bonds. The molecule has 0 aromatic heterocycles. The molecule has 0 aliphatic heterocycles. The molecule has 0 saturated heterocycles. The quantitative estimate of drug-likeness (QED) is 0.651. The number of carbonyl (C=O) groups is 1. The smallest absolute Gasteiger partial charge is 0.314 e. The van der Waals surface area contributed by atoms with Crippen LogP contribution >= 0.6 is 0 Å². The van der Waals surface area contributed by atoms with Crippen LogP contribution in [-0.4, -0.2) is 30.8 Å². The fourth-order valence-electron chi connectivity index (χ4n) is 2.04. The van der Waals surface area contributed by atoms with Crippen LogP contribution in [0.15, 0.2) is 54.6 Å². The number of amides is 2. The number of nitrogens with one attached hydrogen (secondary N) is 2. The van der Waals surface area contributed by atoms with Gasteiger partial charge in [-0.15, -0.1) is 0 Å². The number of urea groups is 1. The Morgan fingerprint density at radius 3 is 2.50 bits per heavy atom. The van der Waals surface area contributed by atoms with Gasteiger partial charge in [0.05, 0.1) is 12.7 Å². The van der Waals surface area contributed by atoms with E-state index in [-0.39, 0.29) is 18.4 Å². The SMILES string of the molecule is O=C(NCCCOc1ccccc1)NCC(O)c1ccc(F)cc1. The summed E-state index contributed by atoms with van der Waals surface area (Å²) in [4.78, 5) is 11.6. The number of hydrogen-bond donors (Lipinski definition) is 3. The second-order valence-electron chi connectivity index (χ2n) is 5.22. The van der Waals surface area contributed by atoms with Crippen LogP contribution in [0.25, 0.3) is 0 Å². The van der Waals surface area contributed by atoms with Gasteiger partial charge in [0.15, 0.2) is 0 Å². The zero-order chi connectivity index (χ0) is 17.2. The van der Waals surface area contributed by atoms with Crippen molar-refractivity contribution >= 4 is 6.03 Å². The average Bonchev–Trinajstić information content (AvgIpc) is 2.61. The number of aliphatic hydroxyl groups excluding tert-OH is 1. The van der Waals surface area contributed by atoms with E-state index in [0.29, 0.717) is 25.1 Å². The summed E-state index contributed by atoms with van der Waals surface area (Å²) >= 11 is 0. The zero-order valence-electron chi connectivity index (χ0n) is 13.2. The second kappa shape index (κ2) is 9.52. The molecule has 0 saturated carbocycles. The van der Waals surface area contributed by atoms with Crippen LogP contribution in [0.3, 0.4) is 0 Å². The Labute approximate surface area is 140 Å². The molecule has 1 unspecified atom stereocenters. The molecule has 0 spiro atoms. The van der Waals surface area contributed by atoms with Gasteiger partial charge < -0.3 is 20.5 Å². The molecule has 2 aromatic carbocycles. The molecule has 0 radical (unpaired) electrons. The van der Waals surface area contributed by atoms with Crippen molar-refractivity contribution in [2.24, 2.45) is 0 Å². The molecule has 5 nitrogen and oxygen atoms in total. The second-order valence-corrected chi connectivity index (χ2v) is 5.22. The van der Waals surface area contributed by atoms with E-state index in [1.165, 1.54) is 24.3 Å². The first-order chi connectivity index (χ1) is 11.6. The summed E-state index contributed by atoms with van der Waals surface area (Å²) in [5, 5.41) is 15.2. The Morgan fingerprint density at radius 1 is 1.08 bits per heavy atom. The molecule has 3 N–H and O–H groups in total. The van der Waals surface area contributed by atoms with E-state index in [4.69, 9.17) is 4.74 Å². The van der Waals surface area contributed by atoms with E-state index >= 15 is 0 Å². The van der Waals surface area contributed by atoms with Gasteiger partial charge in [0, 0.05) is 13.1 Å². The highest BCUT2D eigenvalue weighted by Crippen LogP contribution is 2.12. The molecule has 0 bridgehead atoms. The van der Waals surface area contributed by atoms with E-state index in [0.717, 1.165) is 5.75 Å². The number of carbonyl (C=O) groups excluding carboxylic acids is 1. The third-order valence-electron chi connectivity index (χ3n) is 3.33. The number of hydrogen-bond acceptors (Lipinski definition) is 3. The van der Waals surface area contributed by atoms with Crippen molar-refractivity contribution in [2.45, 2.75) is 12.5 Å². The first-order valence-corrected chi connectivity index (χ1v) is 7.78. The van der Waals surface area contributed by atoms with Crippen molar-refractivity contribution in [2.75, 3.05) is 19.7 Å². The number of aliphatic hydroxyl groups is 1. The number of halogens is 1. The van der Waals surface area contributed by atoms with E-state index < -0.39 is 6.10 Å². The van der Waals surface area contributed by atoms with Crippen LogP contribution in [0.4, 0.5) is 9.18 Å². The summed E-state index contributed by atoms with van der Waals surface area (Å²) < 4.78 is 18.3. The molecule has 0 heterocycles. The minimum absolute atomic E-state index is 0.0536. The number of para-hydroxylation sites is 1. The van der Waals surface area contributed by atoms with E-state index in [2.05, 4.69) is 10.6 Å². The van der Waals surface area contributed by atoms with Gasteiger partial charge in [-0.2, -0.15) is 0 Å². The molecule has 2 aromatic rings. The molecule has 6 heteroatoms. The Bertz CT molecular complexity index is 620. The lowest BCUT2D eigenvalue weighted by atomic mass is 10.1. The third kappa shape index (κ3) is 6.26. The number of rotatable bonds is 8. The Balaban J connectivity index is 1.57. The lowest BCUT2D eigenvalue weighted by Crippen LogP contribution is -2.38. The highest BCUT2D eigenvalue weighted by molar-refractivity contribution is 5.73. The van der Waals surface area contributed by atoms with Gasteiger partial charge in [-0.1, -0.05) is 30.3 Å². The average molecular weight is 332 g/mol. The molecule has 24 heavy (non-hydrogen) atoms. The summed E-state index contributed by atoms with van der Waals surface area (Å²) in [5.74, 6) is 0.429. The van der Waals surface area contributed by atoms with Crippen molar-refractivity contribution < 1.29 is 19.0 Å². The Kier molecular flexibility index (Phi) is 7.04. The maximum Gasteiger partial charge on any atom is 0.314 e. The molecule has 0 fully saturated rings. The fraction of sp³-hybridized carbons (Fsp3) is 0.278. The number of benzene rings is 2. The summed E-state index contributed by atoms with van der Waals surface area (Å²) in [6.45, 7) is 1.02. The van der Waals surface area contributed by atoms with Crippen LogP contribution in [-0.2, 0) is 0 Å². The first kappa shape index (κ1) is 17.7. The van der Waals surface area contributed by atoms with Crippen molar-refractivity contribution in [3.8, 4) is 5.75 Å². The van der Waals surface area contributed by atoms with E-state index in [1.54, 1.807) is 0 Å². The Hall–Kier alpha value is -2.60. The molecule has 0 aliphatic carbocycles. The zero-order valence-corrected chi connectivity index (χ0v) is 13.2. The summed E-state index contributed by atoms with van der Waals surface area (Å²) in [6, 6.07) is 14.6. The van der Waals surface area contributed by atoms with Gasteiger partial charge in [-0.3, -0.25) is 0 Å². The van der Waals surface area contributed by atoms with Gasteiger partial charge in [0.1, 0.15) is 11.6 Å². The predicted octanol–water partition coefficient (Wildman–Crippen LogP) is 2.63. The molecule has 1 atom stereocenters. The molecule has 2 rings (SSSR count).